The number of benzene rings is 2. The molecule has 0 radical (unpaired) electrons. The first-order chi connectivity index (χ1) is 26.0. The number of H-pyrrole nitrogens is 1. The average molecular weight is 815 g/mol. The van der Waals surface area contributed by atoms with Crippen LogP contribution < -0.4 is 21.2 Å². The van der Waals surface area contributed by atoms with Crippen molar-refractivity contribution in [2.75, 3.05) is 33.5 Å². The van der Waals surface area contributed by atoms with E-state index in [1.807, 2.05) is 49.6 Å². The number of fused-ring (bicyclic) bond motifs is 1. The van der Waals surface area contributed by atoms with E-state index >= 15 is 0 Å². The van der Waals surface area contributed by atoms with Crippen LogP contribution in [0.15, 0.2) is 76.6 Å². The second-order valence-corrected chi connectivity index (χ2v) is 21.1. The van der Waals surface area contributed by atoms with Crippen molar-refractivity contribution in [3.63, 3.8) is 0 Å². The van der Waals surface area contributed by atoms with Gasteiger partial charge < -0.3 is 28.7 Å². The molecule has 1 amide bonds. The largest absolute Gasteiger partial charge is 0.471 e. The molecule has 5 rings (SSSR count). The van der Waals surface area contributed by atoms with Crippen molar-refractivity contribution >= 4 is 69.5 Å². The molecule has 11 nitrogen and oxygen atoms in total. The summed E-state index contributed by atoms with van der Waals surface area (Å²) in [7, 11) is 3.74. The van der Waals surface area contributed by atoms with Gasteiger partial charge in [-0.25, -0.2) is 4.99 Å². The summed E-state index contributed by atoms with van der Waals surface area (Å²) in [6.07, 6.45) is -1.33. The Balaban J connectivity index is 1.56. The van der Waals surface area contributed by atoms with E-state index in [0.29, 0.717) is 6.42 Å². The maximum Gasteiger partial charge on any atom is 0.471 e. The van der Waals surface area contributed by atoms with Gasteiger partial charge in [0, 0.05) is 26.7 Å². The number of nitrogens with one attached hydrogen (secondary N) is 2. The van der Waals surface area contributed by atoms with Crippen molar-refractivity contribution < 1.29 is 31.9 Å². The highest BCUT2D eigenvalue weighted by molar-refractivity contribution is 8.76. The van der Waals surface area contributed by atoms with Crippen LogP contribution in [0.3, 0.4) is 0 Å². The van der Waals surface area contributed by atoms with Crippen LogP contribution in [0.25, 0.3) is 11.0 Å². The van der Waals surface area contributed by atoms with Gasteiger partial charge in [-0.05, 0) is 28.6 Å². The van der Waals surface area contributed by atoms with Crippen molar-refractivity contribution in [1.29, 1.82) is 0 Å². The minimum Gasteiger partial charge on any atom is -0.405 e. The zero-order valence-electron chi connectivity index (χ0n) is 31.6. The number of carbonyl (C=O) groups is 1. The first kappa shape index (κ1) is 42.1. The third-order valence-electron chi connectivity index (χ3n) is 8.87. The Morgan fingerprint density at radius 1 is 1.16 bits per heavy atom. The van der Waals surface area contributed by atoms with Crippen molar-refractivity contribution in [2.45, 2.75) is 69.2 Å². The number of hydrogen-bond acceptors (Lipinski definition) is 9. The van der Waals surface area contributed by atoms with Gasteiger partial charge in [-0.1, -0.05) is 115 Å². The van der Waals surface area contributed by atoms with E-state index in [1.54, 1.807) is 56.7 Å². The summed E-state index contributed by atoms with van der Waals surface area (Å²) in [6, 6.07) is 20.6. The second-order valence-electron chi connectivity index (χ2n) is 14.1. The Kier molecular flexibility index (Phi) is 13.6. The molecule has 1 fully saturated rings. The number of halogens is 3. The maximum atomic E-state index is 13.5. The van der Waals surface area contributed by atoms with Crippen molar-refractivity contribution in [2.24, 2.45) is 4.99 Å². The van der Waals surface area contributed by atoms with Crippen LogP contribution in [-0.4, -0.2) is 97.3 Å². The number of aromatic amines is 1. The molecule has 2 aromatic heterocycles. The number of ether oxygens (including phenoxy) is 2. The topological polar surface area (TPSA) is 123 Å². The summed E-state index contributed by atoms with van der Waals surface area (Å²) in [5.41, 5.74) is -0.351. The van der Waals surface area contributed by atoms with Gasteiger partial charge >= 0.3 is 12.1 Å². The number of amides is 1. The van der Waals surface area contributed by atoms with Crippen LogP contribution in [0.1, 0.15) is 45.9 Å². The number of alkyl halides is 3. The predicted octanol–water partition coefficient (Wildman–Crippen LogP) is 5.58. The lowest BCUT2D eigenvalue weighted by Gasteiger charge is -2.43. The molecule has 0 spiro atoms. The van der Waals surface area contributed by atoms with Crippen molar-refractivity contribution in [1.82, 2.24) is 24.8 Å². The van der Waals surface area contributed by atoms with Gasteiger partial charge in [0.1, 0.15) is 17.8 Å². The number of nitrogens with zero attached hydrogens (tertiary/aromatic N) is 4. The van der Waals surface area contributed by atoms with Gasteiger partial charge in [-0.15, -0.1) is 0 Å². The van der Waals surface area contributed by atoms with E-state index in [9.17, 15) is 22.8 Å². The summed E-state index contributed by atoms with van der Waals surface area (Å²) in [4.78, 5) is 38.1. The molecule has 4 aromatic rings. The van der Waals surface area contributed by atoms with Gasteiger partial charge in [0.05, 0.1) is 36.5 Å². The van der Waals surface area contributed by atoms with Crippen LogP contribution in [0.2, 0.25) is 5.04 Å². The van der Waals surface area contributed by atoms with Gasteiger partial charge in [0.2, 0.25) is 5.95 Å². The van der Waals surface area contributed by atoms with Crippen LogP contribution in [0.4, 0.5) is 19.1 Å². The first-order valence-electron chi connectivity index (χ1n) is 17.5. The zero-order chi connectivity index (χ0) is 40.0. The monoisotopic (exact) mass is 814 g/mol. The molecule has 0 saturated carbocycles. The lowest BCUT2D eigenvalue weighted by atomic mass is 10.2. The van der Waals surface area contributed by atoms with E-state index in [1.165, 1.54) is 6.34 Å². The fourth-order valence-corrected chi connectivity index (χ4v) is 12.6. The lowest BCUT2D eigenvalue weighted by molar-refractivity contribution is -0.173. The number of hydrogen-bond donors (Lipinski definition) is 2. The Morgan fingerprint density at radius 3 is 2.36 bits per heavy atom. The van der Waals surface area contributed by atoms with Crippen LogP contribution in [0, 0.1) is 11.8 Å². The summed E-state index contributed by atoms with van der Waals surface area (Å²) in [6.45, 7) is 8.18. The molecule has 0 aliphatic carbocycles. The molecular formula is C38H45F3N6O5S2Si. The summed E-state index contributed by atoms with van der Waals surface area (Å²) in [5, 5.41) is 3.77. The van der Waals surface area contributed by atoms with Crippen LogP contribution >= 0.6 is 21.6 Å². The Bertz CT molecular complexity index is 2040. The normalized spacial score (nSPS) is 18.3. The van der Waals surface area contributed by atoms with Crippen LogP contribution in [-0.2, 0) is 18.7 Å². The van der Waals surface area contributed by atoms with E-state index in [0.717, 1.165) is 10.4 Å². The van der Waals surface area contributed by atoms with Gasteiger partial charge in [-0.3, -0.25) is 14.6 Å². The Labute approximate surface area is 327 Å². The molecule has 1 saturated heterocycles. The highest BCUT2D eigenvalue weighted by atomic mass is 33.1. The van der Waals surface area contributed by atoms with E-state index in [4.69, 9.17) is 13.9 Å². The summed E-state index contributed by atoms with van der Waals surface area (Å²) in [5.74, 6) is 3.19. The molecule has 2 aromatic carbocycles. The van der Waals surface area contributed by atoms with E-state index in [2.05, 4.69) is 71.8 Å². The van der Waals surface area contributed by atoms with Gasteiger partial charge in [0.25, 0.3) is 13.9 Å². The lowest BCUT2D eigenvalue weighted by Crippen LogP contribution is -2.67. The Hall–Kier alpha value is -4.05. The van der Waals surface area contributed by atoms with Gasteiger partial charge in [0.15, 0.2) is 5.65 Å². The molecule has 2 N–H and O–H groups in total. The minimum atomic E-state index is -5.05. The molecule has 4 atom stereocenters. The van der Waals surface area contributed by atoms with Gasteiger partial charge in [-0.2, -0.15) is 18.2 Å². The van der Waals surface area contributed by atoms with E-state index < -0.39 is 50.9 Å². The fraction of sp³-hybridized carbons (Fsp3) is 0.421. The zero-order valence-corrected chi connectivity index (χ0v) is 34.3. The quantitative estimate of drug-likeness (QED) is 0.0445. The van der Waals surface area contributed by atoms with E-state index in [-0.39, 0.29) is 39.6 Å². The smallest absolute Gasteiger partial charge is 0.405 e. The average Bonchev–Trinajstić information content (AvgIpc) is 3.70. The highest BCUT2D eigenvalue weighted by Crippen LogP contribution is 2.40. The number of aliphatic imine (C=N–C) groups is 1. The SMILES string of the molecule is CSS[C@H](C)OC1C[C@H](n2cc(C#CCNC(=O)C(F)(F)F)c3c(=O)[nH]c(/N=C\N(C)C)nc32)O[C@@H]1CO[Si](c1ccccc1)(c1ccccc1)C(C)(C)C. The molecule has 0 bridgehead atoms. The first-order valence-corrected chi connectivity index (χ1v) is 22.0. The molecule has 3 heterocycles. The second kappa shape index (κ2) is 17.8. The number of aromatic nitrogens is 3. The summed E-state index contributed by atoms with van der Waals surface area (Å²) >= 11 is 0. The highest BCUT2D eigenvalue weighted by Gasteiger charge is 2.51. The maximum absolute atomic E-state index is 13.5. The minimum absolute atomic E-state index is 0.0323. The van der Waals surface area contributed by atoms with Crippen molar-refractivity contribution in [3.05, 3.63) is 82.8 Å². The molecule has 1 aliphatic heterocycles. The molecule has 17 heteroatoms. The molecule has 55 heavy (non-hydrogen) atoms. The fourth-order valence-electron chi connectivity index (χ4n) is 6.59. The van der Waals surface area contributed by atoms with Crippen LogP contribution in [0.5, 0.6) is 0 Å². The number of carbonyl (C=O) groups excluding carboxylic acids is 1. The standard InChI is InChI=1S/C38H45F3N6O5S2Si/c1-25(54-53-7)51-29-21-31(52-30(29)23-50-55(37(2,3)4,27-16-10-8-11-17-27)28-18-12-9-13-19-28)47-22-26(15-14-20-42-35(49)38(39,40)41)32-33(47)44-36(45-34(32)48)43-24-46(5)6/h8-13,16-19,22,24-25,29-31H,20-21,23H2,1-7H3,(H,42,49)(H,44,45,48)/b43-24-/t25-,29?,30-,31-/m1/s1. The third-order valence-corrected chi connectivity index (χ3v) is 15.8. The molecule has 294 valence electrons. The van der Waals surface area contributed by atoms with Crippen molar-refractivity contribution in [3.8, 4) is 11.8 Å². The summed E-state index contributed by atoms with van der Waals surface area (Å²) < 4.78 is 60.6. The predicted molar refractivity (Wildman–Crippen MR) is 216 cm³/mol. The molecule has 1 unspecified atom stereocenters. The Morgan fingerprint density at radius 2 is 1.80 bits per heavy atom. The number of rotatable bonds is 13. The third kappa shape index (κ3) is 9.85. The molecule has 1 aliphatic rings. The molecular weight excluding hydrogens is 770 g/mol.